The van der Waals surface area contributed by atoms with Gasteiger partial charge in [0.25, 0.3) is 0 Å². The van der Waals surface area contributed by atoms with Gasteiger partial charge in [-0.05, 0) is 43.7 Å². The molecule has 1 N–H and O–H groups in total. The Kier molecular flexibility index (Phi) is 3.97. The molecule has 0 fully saturated rings. The third-order valence-electron chi connectivity index (χ3n) is 5.45. The van der Waals surface area contributed by atoms with E-state index in [9.17, 15) is 5.11 Å². The number of hydrogen-bond acceptors (Lipinski definition) is 5. The highest BCUT2D eigenvalue weighted by molar-refractivity contribution is 6.15. The Morgan fingerprint density at radius 3 is 2.43 bits per heavy atom. The van der Waals surface area contributed by atoms with Gasteiger partial charge in [-0.25, -0.2) is 0 Å². The molecule has 0 atom stereocenters. The van der Waals surface area contributed by atoms with Crippen molar-refractivity contribution in [3.05, 3.63) is 54.1 Å². The number of methoxy groups -OCH3 is 2. The van der Waals surface area contributed by atoms with Gasteiger partial charge in [-0.1, -0.05) is 30.3 Å². The molecule has 0 aliphatic carbocycles. The summed E-state index contributed by atoms with van der Waals surface area (Å²) in [7, 11) is 3.25. The van der Waals surface area contributed by atoms with E-state index in [4.69, 9.17) is 18.6 Å². The first-order chi connectivity index (χ1) is 14.4. The van der Waals surface area contributed by atoms with Crippen molar-refractivity contribution in [3.8, 4) is 34.1 Å². The number of hydrogen-bond donors (Lipinski definition) is 1. The Bertz CT molecular complexity index is 1310. The van der Waals surface area contributed by atoms with Crippen LogP contribution in [0.4, 0.5) is 0 Å². The lowest BCUT2D eigenvalue weighted by molar-refractivity contribution is 0.153. The van der Waals surface area contributed by atoms with Gasteiger partial charge in [-0.3, -0.25) is 0 Å². The summed E-state index contributed by atoms with van der Waals surface area (Å²) >= 11 is 0. The smallest absolute Gasteiger partial charge is 0.181 e. The summed E-state index contributed by atoms with van der Waals surface area (Å²) in [4.78, 5) is 0. The highest BCUT2D eigenvalue weighted by Crippen LogP contribution is 2.51. The molecular weight excluding hydrogens is 380 g/mol. The second-order valence-corrected chi connectivity index (χ2v) is 7.89. The molecule has 1 aromatic heterocycles. The standard InChI is InChI=1S/C25H22O5/c1-25(2)11-10-15-21-17(12-18(26)22(15)30-25)20-19(27-3)13-16(14-8-6-5-7-9-14)23(28-4)24(20)29-21/h5-13,26H,1-4H3. The minimum absolute atomic E-state index is 0.0609. The molecule has 2 heterocycles. The van der Waals surface area contributed by atoms with Gasteiger partial charge in [-0.2, -0.15) is 0 Å². The van der Waals surface area contributed by atoms with E-state index >= 15 is 0 Å². The molecule has 1 aliphatic heterocycles. The maximum atomic E-state index is 10.7. The van der Waals surface area contributed by atoms with E-state index in [0.717, 1.165) is 21.9 Å². The number of fused-ring (bicyclic) bond motifs is 5. The quantitative estimate of drug-likeness (QED) is 0.445. The largest absolute Gasteiger partial charge is 0.504 e. The highest BCUT2D eigenvalue weighted by atomic mass is 16.5. The van der Waals surface area contributed by atoms with E-state index in [2.05, 4.69) is 0 Å². The Labute approximate surface area is 174 Å². The Morgan fingerprint density at radius 2 is 1.73 bits per heavy atom. The molecule has 0 saturated heterocycles. The van der Waals surface area contributed by atoms with E-state index in [1.165, 1.54) is 0 Å². The molecule has 0 unspecified atom stereocenters. The van der Waals surface area contributed by atoms with Gasteiger partial charge in [0.1, 0.15) is 16.9 Å². The maximum absolute atomic E-state index is 10.7. The Morgan fingerprint density at radius 1 is 0.967 bits per heavy atom. The second kappa shape index (κ2) is 6.46. The zero-order valence-electron chi connectivity index (χ0n) is 17.3. The lowest BCUT2D eigenvalue weighted by Gasteiger charge is -2.28. The lowest BCUT2D eigenvalue weighted by atomic mass is 9.98. The molecule has 152 valence electrons. The van der Waals surface area contributed by atoms with Crippen LogP contribution in [0.25, 0.3) is 39.1 Å². The lowest BCUT2D eigenvalue weighted by Crippen LogP contribution is -2.27. The molecule has 5 rings (SSSR count). The van der Waals surface area contributed by atoms with E-state index in [0.29, 0.717) is 34.0 Å². The molecule has 3 aromatic carbocycles. The average molecular weight is 402 g/mol. The van der Waals surface area contributed by atoms with Gasteiger partial charge in [0.05, 0.1) is 25.2 Å². The minimum atomic E-state index is -0.514. The molecule has 30 heavy (non-hydrogen) atoms. The Balaban J connectivity index is 1.90. The van der Waals surface area contributed by atoms with Gasteiger partial charge < -0.3 is 23.7 Å². The van der Waals surface area contributed by atoms with Crippen LogP contribution in [-0.2, 0) is 0 Å². The van der Waals surface area contributed by atoms with Gasteiger partial charge >= 0.3 is 0 Å². The van der Waals surface area contributed by atoms with Crippen molar-refractivity contribution < 1.29 is 23.7 Å². The summed E-state index contributed by atoms with van der Waals surface area (Å²) in [5.74, 6) is 1.73. The van der Waals surface area contributed by atoms with E-state index in [1.807, 2.05) is 62.4 Å². The first-order valence-corrected chi connectivity index (χ1v) is 9.74. The van der Waals surface area contributed by atoms with Crippen LogP contribution in [-0.4, -0.2) is 24.9 Å². The number of benzene rings is 3. The summed E-state index contributed by atoms with van der Waals surface area (Å²) in [6, 6.07) is 13.5. The number of furan rings is 1. The molecule has 0 saturated carbocycles. The topological polar surface area (TPSA) is 61.1 Å². The van der Waals surface area contributed by atoms with Crippen molar-refractivity contribution >= 4 is 28.0 Å². The van der Waals surface area contributed by atoms with Gasteiger partial charge in [0.15, 0.2) is 22.8 Å². The highest BCUT2D eigenvalue weighted by Gasteiger charge is 2.30. The summed E-state index contributed by atoms with van der Waals surface area (Å²) < 4.78 is 23.9. The average Bonchev–Trinajstić information content (AvgIpc) is 3.12. The van der Waals surface area contributed by atoms with Gasteiger partial charge in [-0.15, -0.1) is 0 Å². The van der Waals surface area contributed by atoms with Crippen LogP contribution in [0.1, 0.15) is 19.4 Å². The summed E-state index contributed by atoms with van der Waals surface area (Å²) in [5, 5.41) is 12.2. The van der Waals surface area contributed by atoms with Gasteiger partial charge in [0.2, 0.25) is 0 Å². The summed E-state index contributed by atoms with van der Waals surface area (Å²) in [6.45, 7) is 3.87. The maximum Gasteiger partial charge on any atom is 0.181 e. The fraction of sp³-hybridized carbons (Fsp3) is 0.200. The number of ether oxygens (including phenoxy) is 3. The fourth-order valence-corrected chi connectivity index (χ4v) is 4.06. The van der Waals surface area contributed by atoms with Gasteiger partial charge in [0, 0.05) is 10.9 Å². The molecule has 1 aliphatic rings. The molecule has 0 spiro atoms. The summed E-state index contributed by atoms with van der Waals surface area (Å²) in [6.07, 6.45) is 3.88. The number of phenolic OH excluding ortho intramolecular Hbond substituents is 1. The number of phenols is 1. The molecule has 0 bridgehead atoms. The van der Waals surface area contributed by atoms with Crippen LogP contribution in [0.15, 0.2) is 53.0 Å². The van der Waals surface area contributed by atoms with Crippen LogP contribution in [0.5, 0.6) is 23.0 Å². The van der Waals surface area contributed by atoms with Crippen molar-refractivity contribution in [3.63, 3.8) is 0 Å². The predicted molar refractivity (Wildman–Crippen MR) is 118 cm³/mol. The molecule has 4 aromatic rings. The Hall–Kier alpha value is -3.60. The van der Waals surface area contributed by atoms with Crippen molar-refractivity contribution in [2.75, 3.05) is 14.2 Å². The van der Waals surface area contributed by atoms with Crippen LogP contribution >= 0.6 is 0 Å². The van der Waals surface area contributed by atoms with Crippen LogP contribution in [0, 0.1) is 0 Å². The molecule has 0 amide bonds. The molecule has 5 heteroatoms. The predicted octanol–water partition coefficient (Wildman–Crippen LogP) is 6.16. The SMILES string of the molecule is COc1c(-c2ccccc2)cc(OC)c2c1oc1c3c(c(O)cc12)OC(C)(C)C=C3. The minimum Gasteiger partial charge on any atom is -0.504 e. The van der Waals surface area contributed by atoms with Crippen LogP contribution in [0.2, 0.25) is 0 Å². The van der Waals surface area contributed by atoms with Crippen molar-refractivity contribution in [1.29, 1.82) is 0 Å². The first-order valence-electron chi connectivity index (χ1n) is 9.74. The third kappa shape index (κ3) is 2.62. The van der Waals surface area contributed by atoms with E-state index in [1.54, 1.807) is 20.3 Å². The van der Waals surface area contributed by atoms with Crippen molar-refractivity contribution in [1.82, 2.24) is 0 Å². The normalized spacial score (nSPS) is 14.5. The monoisotopic (exact) mass is 402 g/mol. The second-order valence-electron chi connectivity index (χ2n) is 7.89. The zero-order valence-corrected chi connectivity index (χ0v) is 17.3. The van der Waals surface area contributed by atoms with Crippen molar-refractivity contribution in [2.45, 2.75) is 19.4 Å². The van der Waals surface area contributed by atoms with Crippen molar-refractivity contribution in [2.24, 2.45) is 0 Å². The molecular formula is C25H22O5. The molecule has 0 radical (unpaired) electrons. The summed E-state index contributed by atoms with van der Waals surface area (Å²) in [5.41, 5.74) is 3.23. The third-order valence-corrected chi connectivity index (χ3v) is 5.45. The van der Waals surface area contributed by atoms with E-state index in [-0.39, 0.29) is 5.75 Å². The van der Waals surface area contributed by atoms with Crippen LogP contribution in [0.3, 0.4) is 0 Å². The first kappa shape index (κ1) is 18.4. The van der Waals surface area contributed by atoms with E-state index < -0.39 is 5.60 Å². The number of aromatic hydroxyl groups is 1. The molecule has 5 nitrogen and oxygen atoms in total. The van der Waals surface area contributed by atoms with Crippen LogP contribution < -0.4 is 14.2 Å². The zero-order chi connectivity index (χ0) is 21.0. The number of rotatable bonds is 3. The fourth-order valence-electron chi connectivity index (χ4n) is 4.06.